The Kier molecular flexibility index (Phi) is 3.59. The van der Waals surface area contributed by atoms with Crippen LogP contribution in [0.15, 0.2) is 28.7 Å². The molecule has 0 fully saturated rings. The lowest BCUT2D eigenvalue weighted by Crippen LogP contribution is -2.22. The lowest BCUT2D eigenvalue weighted by molar-refractivity contribution is 0.304. The Balaban J connectivity index is 2.46. The molecule has 2 aromatic rings. The van der Waals surface area contributed by atoms with Gasteiger partial charge in [0.15, 0.2) is 0 Å². The maximum Gasteiger partial charge on any atom is 0.139 e. The number of aliphatic hydroxyl groups excluding tert-OH is 1. The van der Waals surface area contributed by atoms with E-state index in [1.54, 1.807) is 6.07 Å². The van der Waals surface area contributed by atoms with Crippen molar-refractivity contribution in [3.63, 3.8) is 0 Å². The van der Waals surface area contributed by atoms with E-state index in [0.717, 1.165) is 5.39 Å². The molecule has 0 amide bonds. The first-order valence-corrected chi connectivity index (χ1v) is 5.99. The minimum atomic E-state index is -0.327. The molecular weight excluding hydrogens is 287 g/mol. The van der Waals surface area contributed by atoms with Gasteiger partial charge in [0, 0.05) is 25.0 Å². The fourth-order valence-corrected chi connectivity index (χ4v) is 1.95. The minimum Gasteiger partial charge on any atom is -0.395 e. The number of rotatable bonds is 3. The summed E-state index contributed by atoms with van der Waals surface area (Å²) in [5, 5.41) is 9.73. The highest BCUT2D eigenvalue weighted by Crippen LogP contribution is 2.24. The first-order valence-electron chi connectivity index (χ1n) is 5.19. The topological polar surface area (TPSA) is 36.4 Å². The second kappa shape index (κ2) is 4.98. The Morgan fingerprint density at radius 2 is 2.18 bits per heavy atom. The number of halogens is 2. The summed E-state index contributed by atoms with van der Waals surface area (Å²) >= 11 is 3.14. The van der Waals surface area contributed by atoms with Gasteiger partial charge in [-0.05, 0) is 34.1 Å². The molecule has 0 atom stereocenters. The fraction of sp³-hybridized carbons (Fsp3) is 0.250. The molecule has 1 heterocycles. The van der Waals surface area contributed by atoms with Crippen LogP contribution < -0.4 is 4.90 Å². The van der Waals surface area contributed by atoms with E-state index in [2.05, 4.69) is 20.9 Å². The van der Waals surface area contributed by atoms with Crippen LogP contribution in [0.1, 0.15) is 0 Å². The molecule has 1 N–H and O–H groups in total. The van der Waals surface area contributed by atoms with Gasteiger partial charge >= 0.3 is 0 Å². The van der Waals surface area contributed by atoms with Crippen LogP contribution in [0.5, 0.6) is 0 Å². The molecule has 0 radical (unpaired) electrons. The van der Waals surface area contributed by atoms with E-state index in [-0.39, 0.29) is 12.4 Å². The molecule has 0 aliphatic rings. The maximum absolute atomic E-state index is 13.4. The summed E-state index contributed by atoms with van der Waals surface area (Å²) in [6.07, 6.45) is 0. The van der Waals surface area contributed by atoms with Crippen molar-refractivity contribution in [3.05, 3.63) is 34.6 Å². The molecule has 1 aromatic carbocycles. The smallest absolute Gasteiger partial charge is 0.139 e. The van der Waals surface area contributed by atoms with Gasteiger partial charge in [0.1, 0.15) is 11.6 Å². The first-order chi connectivity index (χ1) is 8.11. The third-order valence-corrected chi connectivity index (χ3v) is 3.15. The number of benzene rings is 1. The molecule has 0 bridgehead atoms. The molecule has 2 rings (SSSR count). The van der Waals surface area contributed by atoms with Gasteiger partial charge in [-0.3, -0.25) is 0 Å². The molecule has 0 saturated carbocycles. The van der Waals surface area contributed by atoms with Crippen LogP contribution in [0, 0.1) is 5.82 Å². The van der Waals surface area contributed by atoms with Crippen LogP contribution in [0.4, 0.5) is 10.2 Å². The fourth-order valence-electron chi connectivity index (χ4n) is 1.58. The lowest BCUT2D eigenvalue weighted by Gasteiger charge is -2.17. The minimum absolute atomic E-state index is 0.0604. The largest absolute Gasteiger partial charge is 0.395 e. The monoisotopic (exact) mass is 298 g/mol. The Morgan fingerprint density at radius 1 is 1.41 bits per heavy atom. The Labute approximate surface area is 107 Å². The van der Waals surface area contributed by atoms with Crippen molar-refractivity contribution in [1.29, 1.82) is 0 Å². The highest BCUT2D eigenvalue weighted by molar-refractivity contribution is 9.10. The molecular formula is C12H12BrFN2O. The second-order valence-corrected chi connectivity index (χ2v) is 4.63. The number of aromatic nitrogens is 1. The average Bonchev–Trinajstić information content (AvgIpc) is 2.30. The molecule has 0 aliphatic heterocycles. The highest BCUT2D eigenvalue weighted by atomic mass is 79.9. The van der Waals surface area contributed by atoms with Crippen LogP contribution in [-0.2, 0) is 0 Å². The van der Waals surface area contributed by atoms with Gasteiger partial charge in [0.25, 0.3) is 0 Å². The van der Waals surface area contributed by atoms with Crippen LogP contribution >= 0.6 is 15.9 Å². The summed E-state index contributed by atoms with van der Waals surface area (Å²) in [6.45, 7) is 0.558. The van der Waals surface area contributed by atoms with E-state index in [4.69, 9.17) is 5.11 Å². The van der Waals surface area contributed by atoms with Gasteiger partial charge in [0.2, 0.25) is 0 Å². The molecule has 0 spiro atoms. The maximum atomic E-state index is 13.4. The summed E-state index contributed by atoms with van der Waals surface area (Å²) in [4.78, 5) is 6.17. The van der Waals surface area contributed by atoms with Crippen molar-refractivity contribution in [2.24, 2.45) is 0 Å². The van der Waals surface area contributed by atoms with E-state index < -0.39 is 0 Å². The molecule has 0 aliphatic carbocycles. The van der Waals surface area contributed by atoms with E-state index >= 15 is 0 Å². The predicted molar refractivity (Wildman–Crippen MR) is 69.8 cm³/mol. The molecule has 3 nitrogen and oxygen atoms in total. The van der Waals surface area contributed by atoms with Crippen LogP contribution in [0.2, 0.25) is 0 Å². The number of hydrogen-bond donors (Lipinski definition) is 1. The van der Waals surface area contributed by atoms with Crippen molar-refractivity contribution in [2.45, 2.75) is 0 Å². The van der Waals surface area contributed by atoms with Gasteiger partial charge in [-0.25, -0.2) is 9.37 Å². The zero-order valence-electron chi connectivity index (χ0n) is 9.32. The summed E-state index contributed by atoms with van der Waals surface area (Å²) in [7, 11) is 1.83. The van der Waals surface area contributed by atoms with E-state index in [1.165, 1.54) is 6.07 Å². The standard InChI is InChI=1S/C12H12BrFN2O/c1-16(4-5-17)12-3-2-8-6-9(13)10(14)7-11(8)15-12/h2-3,6-7,17H,4-5H2,1H3. The van der Waals surface area contributed by atoms with Gasteiger partial charge in [0.05, 0.1) is 16.6 Å². The molecule has 1 aromatic heterocycles. The number of nitrogens with zero attached hydrogens (tertiary/aromatic N) is 2. The third kappa shape index (κ3) is 2.56. The number of anilines is 1. The van der Waals surface area contributed by atoms with Crippen molar-refractivity contribution < 1.29 is 9.50 Å². The Bertz CT molecular complexity index is 547. The van der Waals surface area contributed by atoms with Gasteiger partial charge in [-0.1, -0.05) is 0 Å². The molecule has 0 unspecified atom stereocenters. The van der Waals surface area contributed by atoms with Crippen molar-refractivity contribution in [2.75, 3.05) is 25.1 Å². The van der Waals surface area contributed by atoms with Gasteiger partial charge in [-0.15, -0.1) is 0 Å². The number of hydrogen-bond acceptors (Lipinski definition) is 3. The van der Waals surface area contributed by atoms with E-state index in [0.29, 0.717) is 22.4 Å². The molecule has 17 heavy (non-hydrogen) atoms. The predicted octanol–water partition coefficient (Wildman–Crippen LogP) is 2.56. The number of pyridine rings is 1. The van der Waals surface area contributed by atoms with Crippen LogP contribution in [0.25, 0.3) is 10.9 Å². The summed E-state index contributed by atoms with van der Waals surface area (Å²) in [6, 6.07) is 6.83. The zero-order valence-corrected chi connectivity index (χ0v) is 10.9. The van der Waals surface area contributed by atoms with Crippen LogP contribution in [0.3, 0.4) is 0 Å². The first kappa shape index (κ1) is 12.3. The summed E-state index contributed by atoms with van der Waals surface area (Å²) < 4.78 is 13.8. The van der Waals surface area contributed by atoms with Gasteiger partial charge < -0.3 is 10.0 Å². The molecule has 90 valence electrons. The van der Waals surface area contributed by atoms with Crippen molar-refractivity contribution in [1.82, 2.24) is 4.98 Å². The lowest BCUT2D eigenvalue weighted by atomic mass is 10.2. The molecule has 5 heteroatoms. The number of aliphatic hydroxyl groups is 1. The Morgan fingerprint density at radius 3 is 2.88 bits per heavy atom. The number of fused-ring (bicyclic) bond motifs is 1. The Hall–Kier alpha value is -1.20. The highest BCUT2D eigenvalue weighted by Gasteiger charge is 2.06. The third-order valence-electron chi connectivity index (χ3n) is 2.54. The van der Waals surface area contributed by atoms with E-state index in [1.807, 2.05) is 24.1 Å². The van der Waals surface area contributed by atoms with Crippen molar-refractivity contribution in [3.8, 4) is 0 Å². The van der Waals surface area contributed by atoms with E-state index in [9.17, 15) is 4.39 Å². The quantitative estimate of drug-likeness (QED) is 0.946. The van der Waals surface area contributed by atoms with Crippen LogP contribution in [-0.4, -0.2) is 30.3 Å². The average molecular weight is 299 g/mol. The van der Waals surface area contributed by atoms with Crippen molar-refractivity contribution >= 4 is 32.7 Å². The molecule has 0 saturated heterocycles. The summed E-state index contributed by atoms with van der Waals surface area (Å²) in [5.74, 6) is 0.389. The van der Waals surface area contributed by atoms with Gasteiger partial charge in [-0.2, -0.15) is 0 Å². The second-order valence-electron chi connectivity index (χ2n) is 3.77. The SMILES string of the molecule is CN(CCO)c1ccc2cc(Br)c(F)cc2n1. The zero-order chi connectivity index (χ0) is 12.4. The normalized spacial score (nSPS) is 10.8. The number of likely N-dealkylation sites (N-methyl/N-ethyl adjacent to an activating group) is 1. The summed E-state index contributed by atoms with van der Waals surface area (Å²) in [5.41, 5.74) is 0.605.